The van der Waals surface area contributed by atoms with Crippen LogP contribution in [0.2, 0.25) is 5.15 Å². The zero-order chi connectivity index (χ0) is 19.9. The number of hydrogen-bond acceptors (Lipinski definition) is 4. The predicted molar refractivity (Wildman–Crippen MR) is 98.1 cm³/mol. The molecule has 2 aromatic carbocycles. The molecule has 0 saturated heterocycles. The molecule has 1 amide bonds. The van der Waals surface area contributed by atoms with Gasteiger partial charge in [0.15, 0.2) is 11.5 Å². The van der Waals surface area contributed by atoms with Crippen molar-refractivity contribution >= 4 is 23.2 Å². The summed E-state index contributed by atoms with van der Waals surface area (Å²) in [6.07, 6.45) is -3.72. The minimum atomic E-state index is -3.72. The first-order valence-corrected chi connectivity index (χ1v) is 8.68. The van der Waals surface area contributed by atoms with Crippen LogP contribution in [0.25, 0.3) is 0 Å². The molecule has 6 nitrogen and oxygen atoms in total. The maximum absolute atomic E-state index is 13.1. The van der Waals surface area contributed by atoms with Crippen molar-refractivity contribution in [3.05, 3.63) is 70.5 Å². The second kappa shape index (κ2) is 6.79. The third-order valence-electron chi connectivity index (χ3n) is 4.13. The van der Waals surface area contributed by atoms with E-state index in [1.165, 1.54) is 22.9 Å². The Balaban J connectivity index is 1.55. The van der Waals surface area contributed by atoms with Crippen LogP contribution in [-0.4, -0.2) is 22.0 Å². The number of rotatable bonds is 4. The second-order valence-corrected chi connectivity index (χ2v) is 6.54. The van der Waals surface area contributed by atoms with Crippen molar-refractivity contribution in [2.45, 2.75) is 19.8 Å². The molecular weight excluding hydrogens is 392 g/mol. The smallest absolute Gasteiger partial charge is 0.395 e. The molecular formula is C19H14ClF2N3O3. The van der Waals surface area contributed by atoms with Crippen molar-refractivity contribution < 1.29 is 23.0 Å². The molecule has 2 heterocycles. The quantitative estimate of drug-likeness (QED) is 0.695. The number of aromatic nitrogens is 2. The molecule has 1 aliphatic heterocycles. The van der Waals surface area contributed by atoms with E-state index in [0.29, 0.717) is 12.2 Å². The Morgan fingerprint density at radius 3 is 2.64 bits per heavy atom. The maximum Gasteiger partial charge on any atom is 0.586 e. The first kappa shape index (κ1) is 18.2. The highest BCUT2D eigenvalue weighted by Gasteiger charge is 2.43. The third-order valence-corrected chi connectivity index (χ3v) is 4.51. The third kappa shape index (κ3) is 3.50. The number of hydrogen-bond donors (Lipinski definition) is 1. The molecule has 0 aliphatic carbocycles. The first-order valence-electron chi connectivity index (χ1n) is 8.30. The zero-order valence-electron chi connectivity index (χ0n) is 14.6. The van der Waals surface area contributed by atoms with Gasteiger partial charge in [-0.3, -0.25) is 4.79 Å². The number of amides is 1. The Hall–Kier alpha value is -3.13. The van der Waals surface area contributed by atoms with Crippen LogP contribution in [-0.2, 0) is 6.54 Å². The summed E-state index contributed by atoms with van der Waals surface area (Å²) >= 11 is 6.37. The molecule has 1 N–H and O–H groups in total. The van der Waals surface area contributed by atoms with E-state index in [1.54, 1.807) is 6.92 Å². The number of anilines is 1. The van der Waals surface area contributed by atoms with Crippen molar-refractivity contribution in [1.29, 1.82) is 0 Å². The zero-order valence-corrected chi connectivity index (χ0v) is 15.3. The topological polar surface area (TPSA) is 65.4 Å². The molecule has 0 saturated carbocycles. The molecule has 0 spiro atoms. The fourth-order valence-electron chi connectivity index (χ4n) is 2.89. The number of ether oxygens (including phenoxy) is 2. The van der Waals surface area contributed by atoms with Gasteiger partial charge in [0, 0.05) is 11.8 Å². The lowest BCUT2D eigenvalue weighted by molar-refractivity contribution is -0.286. The molecule has 28 heavy (non-hydrogen) atoms. The van der Waals surface area contributed by atoms with E-state index in [2.05, 4.69) is 19.9 Å². The number of aryl methyl sites for hydroxylation is 1. The van der Waals surface area contributed by atoms with Crippen LogP contribution in [0.5, 0.6) is 11.5 Å². The summed E-state index contributed by atoms with van der Waals surface area (Å²) in [6.45, 7) is 2.08. The highest BCUT2D eigenvalue weighted by molar-refractivity contribution is 6.33. The normalized spacial score (nSPS) is 14.1. The summed E-state index contributed by atoms with van der Waals surface area (Å²) in [6, 6.07) is 13.5. The average molecular weight is 406 g/mol. The van der Waals surface area contributed by atoms with Crippen LogP contribution >= 0.6 is 11.6 Å². The van der Waals surface area contributed by atoms with Crippen molar-refractivity contribution in [3.63, 3.8) is 0 Å². The lowest BCUT2D eigenvalue weighted by atomic mass is 10.2. The monoisotopic (exact) mass is 405 g/mol. The van der Waals surface area contributed by atoms with Crippen LogP contribution in [0.3, 0.4) is 0 Å². The maximum atomic E-state index is 13.1. The minimum Gasteiger partial charge on any atom is -0.395 e. The number of nitrogens with one attached hydrogen (secondary N) is 1. The number of halogens is 3. The van der Waals surface area contributed by atoms with Crippen molar-refractivity contribution in [2.75, 3.05) is 5.32 Å². The summed E-state index contributed by atoms with van der Waals surface area (Å²) < 4.78 is 36.5. The molecule has 1 aromatic heterocycles. The fraction of sp³-hybridized carbons (Fsp3) is 0.158. The van der Waals surface area contributed by atoms with Gasteiger partial charge in [-0.05, 0) is 24.6 Å². The average Bonchev–Trinajstić information content (AvgIpc) is 3.09. The standard InChI is InChI=1S/C19H14ClF2N3O3/c1-11-16(17(20)25(24-11)10-12-5-3-2-4-6-12)18(26)23-13-7-8-14-15(9-13)28-19(21,22)27-14/h2-9H,10H2,1H3,(H,23,26). The van der Waals surface area contributed by atoms with Crippen molar-refractivity contribution in [3.8, 4) is 11.5 Å². The number of benzene rings is 2. The van der Waals surface area contributed by atoms with E-state index < -0.39 is 12.2 Å². The fourth-order valence-corrected chi connectivity index (χ4v) is 3.21. The first-order chi connectivity index (χ1) is 13.3. The van der Waals surface area contributed by atoms with Gasteiger partial charge in [0.2, 0.25) is 0 Å². The Morgan fingerprint density at radius 1 is 1.18 bits per heavy atom. The van der Waals surface area contributed by atoms with E-state index in [-0.39, 0.29) is 27.9 Å². The van der Waals surface area contributed by atoms with Gasteiger partial charge in [-0.15, -0.1) is 8.78 Å². The summed E-state index contributed by atoms with van der Waals surface area (Å²) in [4.78, 5) is 12.7. The molecule has 1 aliphatic rings. The Morgan fingerprint density at radius 2 is 1.89 bits per heavy atom. The van der Waals surface area contributed by atoms with Crippen LogP contribution in [0.15, 0.2) is 48.5 Å². The van der Waals surface area contributed by atoms with E-state index in [0.717, 1.165) is 5.56 Å². The summed E-state index contributed by atoms with van der Waals surface area (Å²) in [5.41, 5.74) is 1.90. The summed E-state index contributed by atoms with van der Waals surface area (Å²) in [7, 11) is 0. The van der Waals surface area contributed by atoms with Crippen molar-refractivity contribution in [2.24, 2.45) is 0 Å². The van der Waals surface area contributed by atoms with Gasteiger partial charge in [-0.2, -0.15) is 5.10 Å². The van der Waals surface area contributed by atoms with E-state index in [4.69, 9.17) is 11.6 Å². The largest absolute Gasteiger partial charge is 0.586 e. The van der Waals surface area contributed by atoms with Gasteiger partial charge in [-0.25, -0.2) is 4.68 Å². The molecule has 0 atom stereocenters. The molecule has 4 rings (SSSR count). The lowest BCUT2D eigenvalue weighted by Gasteiger charge is -2.07. The predicted octanol–water partition coefficient (Wildman–Crippen LogP) is 4.47. The molecule has 0 bridgehead atoms. The van der Waals surface area contributed by atoms with E-state index >= 15 is 0 Å². The molecule has 3 aromatic rings. The van der Waals surface area contributed by atoms with Gasteiger partial charge in [0.05, 0.1) is 17.8 Å². The van der Waals surface area contributed by atoms with E-state index in [9.17, 15) is 13.6 Å². The number of fused-ring (bicyclic) bond motifs is 1. The summed E-state index contributed by atoms with van der Waals surface area (Å²) in [5, 5.41) is 7.13. The highest BCUT2D eigenvalue weighted by Crippen LogP contribution is 2.42. The van der Waals surface area contributed by atoms with Gasteiger partial charge < -0.3 is 14.8 Å². The van der Waals surface area contributed by atoms with Crippen molar-refractivity contribution in [1.82, 2.24) is 9.78 Å². The minimum absolute atomic E-state index is 0.104. The molecule has 0 fully saturated rings. The number of alkyl halides is 2. The lowest BCUT2D eigenvalue weighted by Crippen LogP contribution is -2.25. The Bertz CT molecular complexity index is 1050. The van der Waals surface area contributed by atoms with Gasteiger partial charge in [-0.1, -0.05) is 41.9 Å². The van der Waals surface area contributed by atoms with Crippen LogP contribution < -0.4 is 14.8 Å². The Kier molecular flexibility index (Phi) is 4.43. The van der Waals surface area contributed by atoms with Gasteiger partial charge in [0.25, 0.3) is 5.91 Å². The SMILES string of the molecule is Cc1nn(Cc2ccccc2)c(Cl)c1C(=O)Nc1ccc2c(c1)OC(F)(F)O2. The second-order valence-electron chi connectivity index (χ2n) is 6.18. The summed E-state index contributed by atoms with van der Waals surface area (Å²) in [5.74, 6) is -0.772. The van der Waals surface area contributed by atoms with Gasteiger partial charge >= 0.3 is 6.29 Å². The van der Waals surface area contributed by atoms with E-state index in [1.807, 2.05) is 30.3 Å². The molecule has 0 unspecified atom stereocenters. The Labute approximate surface area is 163 Å². The van der Waals surface area contributed by atoms with Crippen LogP contribution in [0.4, 0.5) is 14.5 Å². The molecule has 9 heteroatoms. The van der Waals surface area contributed by atoms with Crippen LogP contribution in [0, 0.1) is 6.92 Å². The number of carbonyl (C=O) groups is 1. The number of nitrogens with zero attached hydrogens (tertiary/aromatic N) is 2. The molecule has 144 valence electrons. The van der Waals surface area contributed by atoms with Gasteiger partial charge in [0.1, 0.15) is 5.15 Å². The number of carbonyl (C=O) groups excluding carboxylic acids is 1. The highest BCUT2D eigenvalue weighted by atomic mass is 35.5. The van der Waals surface area contributed by atoms with Crippen LogP contribution in [0.1, 0.15) is 21.6 Å². The molecule has 0 radical (unpaired) electrons.